The number of carbonyl (C=O) groups is 1. The van der Waals surface area contributed by atoms with E-state index in [1.54, 1.807) is 31.4 Å². The molecule has 1 radical (unpaired) electrons. The molecule has 0 aliphatic carbocycles. The van der Waals surface area contributed by atoms with Crippen LogP contribution in [-0.4, -0.2) is 19.0 Å². The topological polar surface area (TPSA) is 47.9 Å². The Morgan fingerprint density at radius 1 is 0.950 bits per heavy atom. The van der Waals surface area contributed by atoms with E-state index >= 15 is 0 Å². The smallest absolute Gasteiger partial charge is 0.349 e. The van der Waals surface area contributed by atoms with Gasteiger partial charge >= 0.3 is 5.97 Å². The van der Waals surface area contributed by atoms with Gasteiger partial charge in [-0.15, -0.1) is 0 Å². The summed E-state index contributed by atoms with van der Waals surface area (Å²) in [4.78, 5) is 16.2. The van der Waals surface area contributed by atoms with Gasteiger partial charge in [0.2, 0.25) is 11.9 Å². The average Bonchev–Trinajstić information content (AvgIpc) is 2.90. The molecule has 0 bridgehead atoms. The van der Waals surface area contributed by atoms with E-state index in [-0.39, 0.29) is 0 Å². The van der Waals surface area contributed by atoms with E-state index < -0.39 is 5.97 Å². The Balaban J connectivity index is 1.89. The van der Waals surface area contributed by atoms with E-state index in [0.717, 1.165) is 16.9 Å². The minimum absolute atomic E-state index is 0.316. The Labute approximate surface area is 116 Å². The molecule has 20 heavy (non-hydrogen) atoms. The molecule has 0 fully saturated rings. The van der Waals surface area contributed by atoms with E-state index in [9.17, 15) is 4.79 Å². The largest absolute Gasteiger partial charge is 0.497 e. The van der Waals surface area contributed by atoms with E-state index in [0.29, 0.717) is 11.9 Å². The number of aliphatic imine (C=N–C) groups is 1. The molecule has 0 saturated heterocycles. The maximum absolute atomic E-state index is 11.9. The highest BCUT2D eigenvalue weighted by Gasteiger charge is 2.32. The molecule has 1 heterocycles. The molecule has 1 aliphatic heterocycles. The highest BCUT2D eigenvalue weighted by Crippen LogP contribution is 2.25. The minimum atomic E-state index is -0.429. The summed E-state index contributed by atoms with van der Waals surface area (Å²) in [5, 5.41) is 0. The lowest BCUT2D eigenvalue weighted by molar-refractivity contribution is -0.131. The van der Waals surface area contributed by atoms with Crippen LogP contribution in [0.1, 0.15) is 11.1 Å². The van der Waals surface area contributed by atoms with Crippen LogP contribution in [0.3, 0.4) is 0 Å². The molecule has 2 aromatic rings. The van der Waals surface area contributed by atoms with Gasteiger partial charge in [0, 0.05) is 5.56 Å². The summed E-state index contributed by atoms with van der Waals surface area (Å²) in [6, 6.07) is 16.8. The SMILES string of the molecule is COc1ccc(C2=N[C](c3ccccc3)C(=O)O2)cc1. The second kappa shape index (κ2) is 5.17. The van der Waals surface area contributed by atoms with Crippen LogP contribution in [0.5, 0.6) is 5.75 Å². The van der Waals surface area contributed by atoms with Gasteiger partial charge in [-0.3, -0.25) is 0 Å². The molecule has 0 atom stereocenters. The first-order chi connectivity index (χ1) is 9.78. The second-order valence-corrected chi connectivity index (χ2v) is 4.25. The van der Waals surface area contributed by atoms with E-state index in [2.05, 4.69) is 4.99 Å². The zero-order chi connectivity index (χ0) is 13.9. The lowest BCUT2D eigenvalue weighted by Gasteiger charge is -2.01. The minimum Gasteiger partial charge on any atom is -0.497 e. The van der Waals surface area contributed by atoms with Crippen molar-refractivity contribution in [1.82, 2.24) is 0 Å². The number of hydrogen-bond acceptors (Lipinski definition) is 4. The van der Waals surface area contributed by atoms with Crippen molar-refractivity contribution in [3.05, 3.63) is 71.8 Å². The van der Waals surface area contributed by atoms with Crippen LogP contribution >= 0.6 is 0 Å². The van der Waals surface area contributed by atoms with Crippen LogP contribution in [0, 0.1) is 6.04 Å². The maximum Gasteiger partial charge on any atom is 0.349 e. The predicted octanol–water partition coefficient (Wildman–Crippen LogP) is 2.58. The van der Waals surface area contributed by atoms with Crippen LogP contribution in [0.25, 0.3) is 0 Å². The predicted molar refractivity (Wildman–Crippen MR) is 74.4 cm³/mol. The molecule has 2 aromatic carbocycles. The van der Waals surface area contributed by atoms with Crippen molar-refractivity contribution in [3.8, 4) is 5.75 Å². The van der Waals surface area contributed by atoms with Crippen molar-refractivity contribution in [3.63, 3.8) is 0 Å². The third kappa shape index (κ3) is 2.28. The van der Waals surface area contributed by atoms with Crippen LogP contribution < -0.4 is 4.74 Å². The van der Waals surface area contributed by atoms with Gasteiger partial charge < -0.3 is 9.47 Å². The Bertz CT molecular complexity index is 647. The molecule has 4 nitrogen and oxygen atoms in total. The molecule has 3 rings (SSSR count). The Kier molecular flexibility index (Phi) is 3.21. The summed E-state index contributed by atoms with van der Waals surface area (Å²) in [5.41, 5.74) is 1.49. The first-order valence-corrected chi connectivity index (χ1v) is 6.15. The molecule has 0 spiro atoms. The highest BCUT2D eigenvalue weighted by molar-refractivity contribution is 6.11. The van der Waals surface area contributed by atoms with Crippen molar-refractivity contribution in [2.45, 2.75) is 0 Å². The molecule has 0 N–H and O–H groups in total. The molecule has 0 unspecified atom stereocenters. The van der Waals surface area contributed by atoms with Crippen molar-refractivity contribution < 1.29 is 14.3 Å². The lowest BCUT2D eigenvalue weighted by atomic mass is 10.1. The number of methoxy groups -OCH3 is 1. The van der Waals surface area contributed by atoms with Crippen molar-refractivity contribution in [2.24, 2.45) is 4.99 Å². The zero-order valence-electron chi connectivity index (χ0n) is 10.9. The van der Waals surface area contributed by atoms with Gasteiger partial charge in [0.1, 0.15) is 5.75 Å². The van der Waals surface area contributed by atoms with Gasteiger partial charge in [0.05, 0.1) is 7.11 Å². The summed E-state index contributed by atoms with van der Waals surface area (Å²) < 4.78 is 10.3. The van der Waals surface area contributed by atoms with Crippen molar-refractivity contribution in [2.75, 3.05) is 7.11 Å². The third-order valence-corrected chi connectivity index (χ3v) is 2.98. The molecule has 1 aliphatic rings. The second-order valence-electron chi connectivity index (χ2n) is 4.25. The van der Waals surface area contributed by atoms with Gasteiger partial charge in [0.15, 0.2) is 0 Å². The van der Waals surface area contributed by atoms with Crippen LogP contribution in [-0.2, 0) is 9.53 Å². The van der Waals surface area contributed by atoms with E-state index in [4.69, 9.17) is 9.47 Å². The summed E-state index contributed by atoms with van der Waals surface area (Å²) in [6.45, 7) is 0. The average molecular weight is 266 g/mol. The zero-order valence-corrected chi connectivity index (χ0v) is 10.9. The van der Waals surface area contributed by atoms with Crippen molar-refractivity contribution >= 4 is 11.9 Å². The quantitative estimate of drug-likeness (QED) is 0.802. The first-order valence-electron chi connectivity index (χ1n) is 6.15. The summed E-state index contributed by atoms with van der Waals surface area (Å²) in [6.07, 6.45) is 0. The lowest BCUT2D eigenvalue weighted by Crippen LogP contribution is -2.09. The number of nitrogens with zero attached hydrogens (tertiary/aromatic N) is 1. The van der Waals surface area contributed by atoms with Gasteiger partial charge in [-0.2, -0.15) is 0 Å². The van der Waals surface area contributed by atoms with Gasteiger partial charge in [-0.05, 0) is 29.8 Å². The maximum atomic E-state index is 11.9. The number of benzene rings is 2. The summed E-state index contributed by atoms with van der Waals surface area (Å²) >= 11 is 0. The first kappa shape index (κ1) is 12.4. The Morgan fingerprint density at radius 2 is 1.65 bits per heavy atom. The summed E-state index contributed by atoms with van der Waals surface area (Å²) in [5.74, 6) is 0.629. The van der Waals surface area contributed by atoms with Crippen LogP contribution in [0.4, 0.5) is 0 Å². The fraction of sp³-hybridized carbons (Fsp3) is 0.0625. The summed E-state index contributed by atoms with van der Waals surface area (Å²) in [7, 11) is 1.60. The van der Waals surface area contributed by atoms with E-state index in [1.807, 2.05) is 30.3 Å². The fourth-order valence-electron chi connectivity index (χ4n) is 1.94. The number of esters is 1. The number of carbonyl (C=O) groups excluding carboxylic acids is 1. The molecule has 99 valence electrons. The monoisotopic (exact) mass is 266 g/mol. The molecule has 0 aromatic heterocycles. The van der Waals surface area contributed by atoms with Gasteiger partial charge in [-0.25, -0.2) is 9.79 Å². The Morgan fingerprint density at radius 3 is 2.30 bits per heavy atom. The Hall–Kier alpha value is -2.62. The van der Waals surface area contributed by atoms with E-state index in [1.165, 1.54) is 0 Å². The molecule has 0 amide bonds. The highest BCUT2D eigenvalue weighted by atomic mass is 16.6. The number of rotatable bonds is 3. The fourth-order valence-corrected chi connectivity index (χ4v) is 1.94. The number of ether oxygens (including phenoxy) is 2. The normalized spacial score (nSPS) is 14.8. The van der Waals surface area contributed by atoms with Crippen LogP contribution in [0.15, 0.2) is 59.6 Å². The molecular weight excluding hydrogens is 254 g/mol. The molecule has 0 saturated carbocycles. The standard InChI is InChI=1S/C16H12NO3/c1-19-13-9-7-12(8-10-13)15-17-14(16(18)20-15)11-5-3-2-4-6-11/h2-10H,1H3. The van der Waals surface area contributed by atoms with Gasteiger partial charge in [0.25, 0.3) is 0 Å². The number of cyclic esters (lactones) is 1. The van der Waals surface area contributed by atoms with Gasteiger partial charge in [-0.1, -0.05) is 30.3 Å². The van der Waals surface area contributed by atoms with Crippen molar-refractivity contribution in [1.29, 1.82) is 0 Å². The molecular formula is C16H12NO3. The molecule has 4 heteroatoms. The van der Waals surface area contributed by atoms with Crippen LogP contribution in [0.2, 0.25) is 0 Å². The third-order valence-electron chi connectivity index (χ3n) is 2.98. The number of hydrogen-bond donors (Lipinski definition) is 0.